The predicted octanol–water partition coefficient (Wildman–Crippen LogP) is 4.42. The Kier molecular flexibility index (Phi) is 4.93. The number of ether oxygens (including phenoxy) is 2. The number of nitrogens with zero attached hydrogens (tertiary/aromatic N) is 1. The molecule has 2 heterocycles. The van der Waals surface area contributed by atoms with Crippen LogP contribution in [0.4, 0.5) is 0 Å². The fraction of sp³-hybridized carbons (Fsp3) is 0.238. The first-order valence-corrected chi connectivity index (χ1v) is 9.94. The summed E-state index contributed by atoms with van der Waals surface area (Å²) in [6, 6.07) is 13.7. The average Bonchev–Trinajstić information content (AvgIpc) is 3.15. The summed E-state index contributed by atoms with van der Waals surface area (Å²) in [6.45, 7) is 2.52. The molecule has 0 aliphatic carbocycles. The number of thiocarbonyl (C=S) groups is 1. The molecule has 27 heavy (non-hydrogen) atoms. The summed E-state index contributed by atoms with van der Waals surface area (Å²) in [4.78, 5) is 15.1. The largest absolute Gasteiger partial charge is 0.497 e. The smallest absolute Gasteiger partial charge is 0.266 e. The molecule has 1 fully saturated rings. The maximum atomic E-state index is 12.8. The number of thioether (sulfide) groups is 1. The van der Waals surface area contributed by atoms with Gasteiger partial charge in [0.05, 0.1) is 18.6 Å². The molecular weight excluding hydrogens is 378 g/mol. The third-order valence-corrected chi connectivity index (χ3v) is 5.97. The van der Waals surface area contributed by atoms with E-state index in [4.69, 9.17) is 21.7 Å². The Balaban J connectivity index is 1.52. The number of hydrogen-bond donors (Lipinski definition) is 0. The molecule has 1 saturated heterocycles. The fourth-order valence-electron chi connectivity index (χ4n) is 3.23. The molecular formula is C21H19NO3S2. The molecule has 0 spiro atoms. The summed E-state index contributed by atoms with van der Waals surface area (Å²) < 4.78 is 11.5. The third-order valence-electron chi connectivity index (χ3n) is 4.59. The van der Waals surface area contributed by atoms with E-state index in [1.807, 2.05) is 42.5 Å². The lowest BCUT2D eigenvalue weighted by atomic mass is 10.1. The van der Waals surface area contributed by atoms with Crippen molar-refractivity contribution in [2.45, 2.75) is 26.0 Å². The van der Waals surface area contributed by atoms with Gasteiger partial charge in [-0.25, -0.2) is 0 Å². The number of benzene rings is 2. The highest BCUT2D eigenvalue weighted by Gasteiger charge is 2.32. The number of fused-ring (bicyclic) bond motifs is 1. The van der Waals surface area contributed by atoms with Gasteiger partial charge >= 0.3 is 0 Å². The molecule has 2 aliphatic rings. The van der Waals surface area contributed by atoms with Crippen LogP contribution in [0.1, 0.15) is 23.6 Å². The summed E-state index contributed by atoms with van der Waals surface area (Å²) in [5, 5.41) is 0. The quantitative estimate of drug-likeness (QED) is 0.564. The summed E-state index contributed by atoms with van der Waals surface area (Å²) >= 11 is 6.79. The van der Waals surface area contributed by atoms with Crippen molar-refractivity contribution in [1.82, 2.24) is 4.90 Å². The third kappa shape index (κ3) is 3.73. The Morgan fingerprint density at radius 2 is 2.07 bits per heavy atom. The Morgan fingerprint density at radius 3 is 2.81 bits per heavy atom. The van der Waals surface area contributed by atoms with Crippen LogP contribution in [0.2, 0.25) is 0 Å². The Bertz CT molecular complexity index is 937. The summed E-state index contributed by atoms with van der Waals surface area (Å²) in [7, 11) is 1.63. The molecule has 0 aromatic heterocycles. The summed E-state index contributed by atoms with van der Waals surface area (Å²) in [5.74, 6) is 1.68. The van der Waals surface area contributed by atoms with E-state index in [0.29, 0.717) is 15.8 Å². The summed E-state index contributed by atoms with van der Waals surface area (Å²) in [6.07, 6.45) is 3.02. The highest BCUT2D eigenvalue weighted by atomic mass is 32.2. The first kappa shape index (κ1) is 18.1. The standard InChI is InChI=1S/C21H19NO3S2/c1-13-9-16-10-15(5-8-18(16)25-13)11-19-20(23)22(21(26)27-19)12-14-3-6-17(24-2)7-4-14/h3-8,10-11,13H,9,12H2,1-2H3/b19-11-/t13-/m1/s1. The van der Waals surface area contributed by atoms with Crippen LogP contribution in [0.25, 0.3) is 6.08 Å². The molecule has 1 amide bonds. The Hall–Kier alpha value is -2.31. The van der Waals surface area contributed by atoms with E-state index in [-0.39, 0.29) is 12.0 Å². The number of rotatable bonds is 4. The van der Waals surface area contributed by atoms with Crippen molar-refractivity contribution >= 4 is 40.3 Å². The van der Waals surface area contributed by atoms with E-state index in [9.17, 15) is 4.79 Å². The molecule has 2 aromatic rings. The predicted molar refractivity (Wildman–Crippen MR) is 112 cm³/mol. The second kappa shape index (κ2) is 7.37. The molecule has 4 rings (SSSR count). The van der Waals surface area contributed by atoms with Gasteiger partial charge in [-0.05, 0) is 54.0 Å². The van der Waals surface area contributed by atoms with Gasteiger partial charge in [0, 0.05) is 6.42 Å². The van der Waals surface area contributed by atoms with Crippen LogP contribution in [-0.4, -0.2) is 28.3 Å². The monoisotopic (exact) mass is 397 g/mol. The zero-order valence-electron chi connectivity index (χ0n) is 15.1. The van der Waals surface area contributed by atoms with Gasteiger partial charge in [-0.15, -0.1) is 0 Å². The molecule has 138 valence electrons. The highest BCUT2D eigenvalue weighted by molar-refractivity contribution is 8.26. The minimum absolute atomic E-state index is 0.0501. The lowest BCUT2D eigenvalue weighted by Gasteiger charge is -2.14. The lowest BCUT2D eigenvalue weighted by Crippen LogP contribution is -2.27. The van der Waals surface area contributed by atoms with Crippen LogP contribution in [0, 0.1) is 0 Å². The first-order valence-electron chi connectivity index (χ1n) is 8.71. The van der Waals surface area contributed by atoms with Crippen LogP contribution in [0.5, 0.6) is 11.5 Å². The zero-order chi connectivity index (χ0) is 19.0. The van der Waals surface area contributed by atoms with E-state index < -0.39 is 0 Å². The molecule has 0 N–H and O–H groups in total. The average molecular weight is 398 g/mol. The molecule has 2 aromatic carbocycles. The summed E-state index contributed by atoms with van der Waals surface area (Å²) in [5.41, 5.74) is 3.19. The molecule has 0 bridgehead atoms. The molecule has 2 aliphatic heterocycles. The zero-order valence-corrected chi connectivity index (χ0v) is 16.7. The Morgan fingerprint density at radius 1 is 1.30 bits per heavy atom. The Labute approximate surface area is 168 Å². The van der Waals surface area contributed by atoms with E-state index in [1.165, 1.54) is 17.3 Å². The molecule has 4 nitrogen and oxygen atoms in total. The van der Waals surface area contributed by atoms with Crippen molar-refractivity contribution in [2.75, 3.05) is 7.11 Å². The van der Waals surface area contributed by atoms with E-state index in [2.05, 4.69) is 13.0 Å². The van der Waals surface area contributed by atoms with Gasteiger partial charge in [-0.2, -0.15) is 0 Å². The normalized spacial score (nSPS) is 20.1. The molecule has 1 atom stereocenters. The van der Waals surface area contributed by atoms with Gasteiger partial charge in [-0.1, -0.05) is 42.2 Å². The van der Waals surface area contributed by atoms with Crippen molar-refractivity contribution in [1.29, 1.82) is 0 Å². The van der Waals surface area contributed by atoms with Crippen molar-refractivity contribution in [3.8, 4) is 11.5 Å². The number of hydrogen-bond acceptors (Lipinski definition) is 5. The van der Waals surface area contributed by atoms with Crippen LogP contribution in [0.3, 0.4) is 0 Å². The van der Waals surface area contributed by atoms with E-state index in [1.54, 1.807) is 12.0 Å². The second-order valence-electron chi connectivity index (χ2n) is 6.62. The minimum Gasteiger partial charge on any atom is -0.497 e. The minimum atomic E-state index is -0.0501. The van der Waals surface area contributed by atoms with Crippen molar-refractivity contribution in [3.63, 3.8) is 0 Å². The highest BCUT2D eigenvalue weighted by Crippen LogP contribution is 2.35. The van der Waals surface area contributed by atoms with Crippen molar-refractivity contribution in [3.05, 3.63) is 64.1 Å². The molecule has 0 unspecified atom stereocenters. The molecule has 0 radical (unpaired) electrons. The number of methoxy groups -OCH3 is 1. The van der Waals surface area contributed by atoms with Crippen LogP contribution >= 0.6 is 24.0 Å². The number of carbonyl (C=O) groups is 1. The van der Waals surface area contributed by atoms with Crippen LogP contribution in [-0.2, 0) is 17.8 Å². The van der Waals surface area contributed by atoms with Crippen molar-refractivity contribution in [2.24, 2.45) is 0 Å². The first-order chi connectivity index (χ1) is 13.0. The van der Waals surface area contributed by atoms with Gasteiger partial charge < -0.3 is 9.47 Å². The van der Waals surface area contributed by atoms with E-state index >= 15 is 0 Å². The lowest BCUT2D eigenvalue weighted by molar-refractivity contribution is -0.122. The fourth-order valence-corrected chi connectivity index (χ4v) is 4.49. The number of amides is 1. The molecule has 6 heteroatoms. The maximum absolute atomic E-state index is 12.8. The SMILES string of the molecule is COc1ccc(CN2C(=O)/C(=C/c3ccc4c(c3)C[C@@H](C)O4)SC2=S)cc1. The van der Waals surface area contributed by atoms with Gasteiger partial charge in [0.15, 0.2) is 0 Å². The van der Waals surface area contributed by atoms with Gasteiger partial charge in [0.2, 0.25) is 0 Å². The van der Waals surface area contributed by atoms with Gasteiger partial charge in [0.1, 0.15) is 21.9 Å². The molecule has 0 saturated carbocycles. The van der Waals surface area contributed by atoms with Gasteiger partial charge in [-0.3, -0.25) is 9.69 Å². The van der Waals surface area contributed by atoms with E-state index in [0.717, 1.165) is 29.0 Å². The second-order valence-corrected chi connectivity index (χ2v) is 8.29. The van der Waals surface area contributed by atoms with Crippen molar-refractivity contribution < 1.29 is 14.3 Å². The maximum Gasteiger partial charge on any atom is 0.266 e. The van der Waals surface area contributed by atoms with Crippen LogP contribution < -0.4 is 9.47 Å². The van der Waals surface area contributed by atoms with Crippen LogP contribution in [0.15, 0.2) is 47.4 Å². The number of carbonyl (C=O) groups excluding carboxylic acids is 1. The van der Waals surface area contributed by atoms with Gasteiger partial charge in [0.25, 0.3) is 5.91 Å². The topological polar surface area (TPSA) is 38.8 Å².